The highest BCUT2D eigenvalue weighted by Gasteiger charge is 2.07. The van der Waals surface area contributed by atoms with Gasteiger partial charge in [-0.15, -0.1) is 0 Å². The lowest BCUT2D eigenvalue weighted by atomic mass is 10.2. The first-order chi connectivity index (χ1) is 12.4. The minimum Gasteiger partial charge on any atom is -0.493 e. The quantitative estimate of drug-likeness (QED) is 0.337. The smallest absolute Gasteiger partial charge is 0.195 e. The molecule has 0 aliphatic rings. The molecule has 0 unspecified atom stereocenters. The predicted molar refractivity (Wildman–Crippen MR) is 104 cm³/mol. The number of nitrogens with zero attached hydrogens (tertiary/aromatic N) is 1. The summed E-state index contributed by atoms with van der Waals surface area (Å²) in [4.78, 5) is 4.41. The van der Waals surface area contributed by atoms with Crippen molar-refractivity contribution in [3.8, 4) is 11.5 Å². The SMILES string of the molecule is CCNC(=NCCOCCS(C)(=O)=O)Nc1ccc(OC)c(OCC)c1. The van der Waals surface area contributed by atoms with Crippen molar-refractivity contribution >= 4 is 21.5 Å². The molecular formula is C17H29N3O5S. The summed E-state index contributed by atoms with van der Waals surface area (Å²) in [5.41, 5.74) is 0.812. The van der Waals surface area contributed by atoms with Crippen molar-refractivity contribution in [2.45, 2.75) is 13.8 Å². The third kappa shape index (κ3) is 8.91. The van der Waals surface area contributed by atoms with Gasteiger partial charge in [0, 0.05) is 24.6 Å². The zero-order valence-electron chi connectivity index (χ0n) is 15.9. The van der Waals surface area contributed by atoms with Crippen LogP contribution in [0.15, 0.2) is 23.2 Å². The fourth-order valence-corrected chi connectivity index (χ4v) is 2.42. The van der Waals surface area contributed by atoms with Gasteiger partial charge in [-0.2, -0.15) is 0 Å². The molecule has 148 valence electrons. The molecule has 1 aromatic rings. The summed E-state index contributed by atoms with van der Waals surface area (Å²) in [6.07, 6.45) is 1.19. The summed E-state index contributed by atoms with van der Waals surface area (Å²) >= 11 is 0. The molecule has 0 aliphatic heterocycles. The van der Waals surface area contributed by atoms with E-state index in [4.69, 9.17) is 14.2 Å². The second kappa shape index (κ2) is 11.6. The Morgan fingerprint density at radius 3 is 2.58 bits per heavy atom. The number of methoxy groups -OCH3 is 1. The number of anilines is 1. The maximum atomic E-state index is 11.0. The second-order valence-corrected chi connectivity index (χ2v) is 7.69. The molecule has 0 aliphatic carbocycles. The molecule has 1 rings (SSSR count). The molecule has 0 saturated heterocycles. The highest BCUT2D eigenvalue weighted by atomic mass is 32.2. The molecule has 0 radical (unpaired) electrons. The minimum absolute atomic E-state index is 0.0150. The van der Waals surface area contributed by atoms with Gasteiger partial charge in [0.05, 0.1) is 39.2 Å². The molecule has 0 heterocycles. The van der Waals surface area contributed by atoms with Gasteiger partial charge in [-0.25, -0.2) is 8.42 Å². The standard InChI is InChI=1S/C17H29N3O5S/c1-5-18-17(19-9-10-24-11-12-26(4,21)22)20-14-7-8-15(23-3)16(13-14)25-6-2/h7-8,13H,5-6,9-12H2,1-4H3,(H2,18,19,20). The summed E-state index contributed by atoms with van der Waals surface area (Å²) in [6.45, 7) is 6.06. The molecule has 0 atom stereocenters. The number of guanidine groups is 1. The van der Waals surface area contributed by atoms with Crippen molar-refractivity contribution in [3.63, 3.8) is 0 Å². The van der Waals surface area contributed by atoms with Crippen LogP contribution in [0, 0.1) is 0 Å². The lowest BCUT2D eigenvalue weighted by Gasteiger charge is -2.14. The van der Waals surface area contributed by atoms with Crippen LogP contribution in [-0.2, 0) is 14.6 Å². The Morgan fingerprint density at radius 2 is 1.96 bits per heavy atom. The Balaban J connectivity index is 2.62. The number of hydrogen-bond acceptors (Lipinski definition) is 6. The zero-order chi connectivity index (χ0) is 19.4. The highest BCUT2D eigenvalue weighted by Crippen LogP contribution is 2.30. The van der Waals surface area contributed by atoms with Crippen LogP contribution in [0.1, 0.15) is 13.8 Å². The third-order valence-corrected chi connectivity index (χ3v) is 4.08. The van der Waals surface area contributed by atoms with Crippen LogP contribution in [0.5, 0.6) is 11.5 Å². The van der Waals surface area contributed by atoms with Gasteiger partial charge in [-0.1, -0.05) is 0 Å². The highest BCUT2D eigenvalue weighted by molar-refractivity contribution is 7.90. The monoisotopic (exact) mass is 387 g/mol. The van der Waals surface area contributed by atoms with Crippen LogP contribution in [-0.4, -0.2) is 66.4 Å². The van der Waals surface area contributed by atoms with E-state index in [2.05, 4.69) is 15.6 Å². The van der Waals surface area contributed by atoms with Crippen LogP contribution < -0.4 is 20.1 Å². The number of rotatable bonds is 11. The molecule has 0 fully saturated rings. The summed E-state index contributed by atoms with van der Waals surface area (Å²) < 4.78 is 38.2. The van der Waals surface area contributed by atoms with Crippen molar-refractivity contribution in [1.29, 1.82) is 0 Å². The molecule has 0 bridgehead atoms. The lowest BCUT2D eigenvalue weighted by molar-refractivity contribution is 0.157. The third-order valence-electron chi connectivity index (χ3n) is 3.17. The normalized spacial score (nSPS) is 11.9. The number of benzene rings is 1. The number of aliphatic imine (C=N–C) groups is 1. The molecular weight excluding hydrogens is 358 g/mol. The fourth-order valence-electron chi connectivity index (χ4n) is 2.00. The van der Waals surface area contributed by atoms with Gasteiger partial charge in [0.15, 0.2) is 17.5 Å². The van der Waals surface area contributed by atoms with E-state index in [0.717, 1.165) is 5.69 Å². The van der Waals surface area contributed by atoms with E-state index >= 15 is 0 Å². The Morgan fingerprint density at radius 1 is 1.19 bits per heavy atom. The van der Waals surface area contributed by atoms with Gasteiger partial charge < -0.3 is 24.8 Å². The molecule has 9 heteroatoms. The van der Waals surface area contributed by atoms with E-state index in [9.17, 15) is 8.42 Å². The molecule has 26 heavy (non-hydrogen) atoms. The molecule has 0 aromatic heterocycles. The molecule has 0 saturated carbocycles. The molecule has 2 N–H and O–H groups in total. The van der Waals surface area contributed by atoms with Crippen molar-refractivity contribution in [2.75, 3.05) is 57.3 Å². The largest absolute Gasteiger partial charge is 0.493 e. The fraction of sp³-hybridized carbons (Fsp3) is 0.588. The van der Waals surface area contributed by atoms with Gasteiger partial charge in [0.2, 0.25) is 0 Å². The Bertz CT molecular complexity index is 677. The Labute approximate surface area is 155 Å². The van der Waals surface area contributed by atoms with Crippen LogP contribution in [0.2, 0.25) is 0 Å². The maximum absolute atomic E-state index is 11.0. The first kappa shape index (κ1) is 22.0. The number of ether oxygens (including phenoxy) is 3. The minimum atomic E-state index is -3.00. The van der Waals surface area contributed by atoms with Crippen molar-refractivity contribution in [1.82, 2.24) is 5.32 Å². The maximum Gasteiger partial charge on any atom is 0.195 e. The summed E-state index contributed by atoms with van der Waals surface area (Å²) in [6, 6.07) is 5.54. The topological polar surface area (TPSA) is 98.3 Å². The first-order valence-corrected chi connectivity index (χ1v) is 10.6. The summed E-state index contributed by atoms with van der Waals surface area (Å²) in [5.74, 6) is 1.94. The van der Waals surface area contributed by atoms with Gasteiger partial charge >= 0.3 is 0 Å². The van der Waals surface area contributed by atoms with Gasteiger partial charge in [0.1, 0.15) is 9.84 Å². The van der Waals surface area contributed by atoms with Crippen molar-refractivity contribution < 1.29 is 22.6 Å². The average Bonchev–Trinajstić information content (AvgIpc) is 2.57. The van der Waals surface area contributed by atoms with E-state index in [0.29, 0.717) is 43.8 Å². The van der Waals surface area contributed by atoms with E-state index in [1.807, 2.05) is 32.0 Å². The molecule has 1 aromatic carbocycles. The van der Waals surface area contributed by atoms with Crippen LogP contribution in [0.3, 0.4) is 0 Å². The first-order valence-electron chi connectivity index (χ1n) is 8.51. The average molecular weight is 388 g/mol. The van der Waals surface area contributed by atoms with Crippen LogP contribution in [0.4, 0.5) is 5.69 Å². The number of nitrogens with one attached hydrogen (secondary N) is 2. The van der Waals surface area contributed by atoms with E-state index in [1.165, 1.54) is 6.26 Å². The van der Waals surface area contributed by atoms with Crippen LogP contribution >= 0.6 is 0 Å². The van der Waals surface area contributed by atoms with E-state index < -0.39 is 9.84 Å². The zero-order valence-corrected chi connectivity index (χ0v) is 16.7. The Kier molecular flexibility index (Phi) is 9.82. The molecule has 8 nitrogen and oxygen atoms in total. The molecule has 0 amide bonds. The molecule has 0 spiro atoms. The number of hydrogen-bond donors (Lipinski definition) is 2. The lowest BCUT2D eigenvalue weighted by Crippen LogP contribution is -2.31. The van der Waals surface area contributed by atoms with Gasteiger partial charge in [0.25, 0.3) is 0 Å². The van der Waals surface area contributed by atoms with Crippen LogP contribution in [0.25, 0.3) is 0 Å². The second-order valence-electron chi connectivity index (χ2n) is 5.43. The van der Waals surface area contributed by atoms with Gasteiger partial charge in [-0.3, -0.25) is 4.99 Å². The summed E-state index contributed by atoms with van der Waals surface area (Å²) in [5, 5.41) is 6.34. The van der Waals surface area contributed by atoms with Gasteiger partial charge in [-0.05, 0) is 26.0 Å². The Hall–Kier alpha value is -2.00. The van der Waals surface area contributed by atoms with E-state index in [-0.39, 0.29) is 12.4 Å². The van der Waals surface area contributed by atoms with Crippen molar-refractivity contribution in [2.24, 2.45) is 4.99 Å². The van der Waals surface area contributed by atoms with Crippen molar-refractivity contribution in [3.05, 3.63) is 18.2 Å². The predicted octanol–water partition coefficient (Wildman–Crippen LogP) is 1.53. The summed E-state index contributed by atoms with van der Waals surface area (Å²) in [7, 11) is -1.40. The van der Waals surface area contributed by atoms with E-state index in [1.54, 1.807) is 7.11 Å². The number of sulfone groups is 1.